The number of para-hydroxylation sites is 1. The predicted octanol–water partition coefficient (Wildman–Crippen LogP) is 4.31. The largest absolute Gasteiger partial charge is 0.268 e. The first-order valence-electron chi connectivity index (χ1n) is 7.33. The molecule has 0 aliphatic heterocycles. The average molecular weight is 331 g/mol. The fraction of sp³-hybridized carbons (Fsp3) is 0.222. The van der Waals surface area contributed by atoms with E-state index in [0.29, 0.717) is 11.2 Å². The normalized spacial score (nSPS) is 12.7. The molecule has 0 atom stereocenters. The Morgan fingerprint density at radius 3 is 2.17 bits per heavy atom. The summed E-state index contributed by atoms with van der Waals surface area (Å²) in [6, 6.07) is 14.2. The molecule has 0 spiro atoms. The van der Waals surface area contributed by atoms with Crippen molar-refractivity contribution in [3.8, 4) is 0 Å². The van der Waals surface area contributed by atoms with Gasteiger partial charge < -0.3 is 0 Å². The van der Waals surface area contributed by atoms with Crippen LogP contribution in [0.3, 0.4) is 0 Å². The molecule has 0 fully saturated rings. The molecule has 0 N–H and O–H groups in total. The summed E-state index contributed by atoms with van der Waals surface area (Å²) in [6.07, 6.45) is 0. The lowest BCUT2D eigenvalue weighted by atomic mass is 9.92. The van der Waals surface area contributed by atoms with Gasteiger partial charge in [-0.25, -0.2) is 16.8 Å². The highest BCUT2D eigenvalue weighted by molar-refractivity contribution is 7.90. The van der Waals surface area contributed by atoms with E-state index in [-0.39, 0.29) is 10.3 Å². The summed E-state index contributed by atoms with van der Waals surface area (Å²) in [5.74, 6) is -0.461. The number of nitrogens with zero attached hydrogens (tertiary/aromatic N) is 1. The molecular weight excluding hydrogens is 313 g/mol. The third kappa shape index (κ3) is 2.65. The molecule has 0 amide bonds. The van der Waals surface area contributed by atoms with E-state index in [1.165, 1.54) is 16.1 Å². The van der Waals surface area contributed by atoms with Crippen molar-refractivity contribution in [1.29, 1.82) is 0 Å². The molecule has 5 heteroatoms. The van der Waals surface area contributed by atoms with Gasteiger partial charge in [-0.15, -0.1) is 0 Å². The number of hydrogen-bond acceptors (Lipinski definition) is 2. The van der Waals surface area contributed by atoms with E-state index >= 15 is 0 Å². The molecule has 1 aromatic heterocycles. The maximum absolute atomic E-state index is 13.1. The molecule has 0 saturated heterocycles. The molecule has 23 heavy (non-hydrogen) atoms. The van der Waals surface area contributed by atoms with Crippen molar-refractivity contribution in [1.82, 2.24) is 3.97 Å². The number of halogens is 1. The average Bonchev–Trinajstić information content (AvgIpc) is 2.88. The van der Waals surface area contributed by atoms with E-state index in [1.54, 1.807) is 6.07 Å². The van der Waals surface area contributed by atoms with E-state index < -0.39 is 15.8 Å². The van der Waals surface area contributed by atoms with Gasteiger partial charge in [0.1, 0.15) is 5.82 Å². The summed E-state index contributed by atoms with van der Waals surface area (Å²) in [6.45, 7) is 5.91. The van der Waals surface area contributed by atoms with Crippen LogP contribution in [0.2, 0.25) is 0 Å². The lowest BCUT2D eigenvalue weighted by molar-refractivity contribution is 0.546. The molecule has 3 rings (SSSR count). The Balaban J connectivity index is 2.36. The fourth-order valence-electron chi connectivity index (χ4n) is 2.62. The van der Waals surface area contributed by atoms with Crippen LogP contribution in [0.1, 0.15) is 26.5 Å². The van der Waals surface area contributed by atoms with Gasteiger partial charge in [0.25, 0.3) is 10.0 Å². The van der Waals surface area contributed by atoms with Crippen molar-refractivity contribution in [3.63, 3.8) is 0 Å². The molecule has 0 radical (unpaired) electrons. The van der Waals surface area contributed by atoms with E-state index in [9.17, 15) is 12.8 Å². The van der Waals surface area contributed by atoms with Gasteiger partial charge in [-0.2, -0.15) is 0 Å². The van der Waals surface area contributed by atoms with Crippen LogP contribution in [0, 0.1) is 5.82 Å². The quantitative estimate of drug-likeness (QED) is 0.702. The van der Waals surface area contributed by atoms with Crippen molar-refractivity contribution < 1.29 is 12.8 Å². The van der Waals surface area contributed by atoms with Crippen LogP contribution in [0.15, 0.2) is 59.5 Å². The molecule has 3 nitrogen and oxygen atoms in total. The van der Waals surface area contributed by atoms with Gasteiger partial charge >= 0.3 is 0 Å². The summed E-state index contributed by atoms with van der Waals surface area (Å²) in [5.41, 5.74) is 0.969. The van der Waals surface area contributed by atoms with E-state index in [4.69, 9.17) is 0 Å². The highest BCUT2D eigenvalue weighted by atomic mass is 32.2. The highest BCUT2D eigenvalue weighted by Gasteiger charge is 2.28. The van der Waals surface area contributed by atoms with Crippen molar-refractivity contribution in [2.24, 2.45) is 0 Å². The molecular formula is C18H18FNO2S. The summed E-state index contributed by atoms with van der Waals surface area (Å²) in [7, 11) is -3.80. The number of fused-ring (bicyclic) bond motifs is 1. The second kappa shape index (κ2) is 5.20. The zero-order valence-electron chi connectivity index (χ0n) is 13.2. The van der Waals surface area contributed by atoms with Gasteiger partial charge in [0.15, 0.2) is 0 Å². The first kappa shape index (κ1) is 15.7. The second-order valence-electron chi connectivity index (χ2n) is 6.56. The van der Waals surface area contributed by atoms with E-state index in [1.807, 2.05) is 45.0 Å². The minimum atomic E-state index is -3.80. The molecule has 120 valence electrons. The summed E-state index contributed by atoms with van der Waals surface area (Å²) < 4.78 is 40.8. The maximum atomic E-state index is 13.1. The Kier molecular flexibility index (Phi) is 3.56. The monoisotopic (exact) mass is 331 g/mol. The van der Waals surface area contributed by atoms with E-state index in [2.05, 4.69) is 0 Å². The van der Waals surface area contributed by atoms with Gasteiger partial charge in [-0.05, 0) is 36.4 Å². The topological polar surface area (TPSA) is 39.1 Å². The number of benzene rings is 2. The SMILES string of the molecule is CC(C)(C)c1cc2ccccc2n1S(=O)(=O)c1ccc(F)cc1. The second-order valence-corrected chi connectivity index (χ2v) is 8.35. The number of aromatic nitrogens is 1. The van der Waals surface area contributed by atoms with Crippen LogP contribution in [0.4, 0.5) is 4.39 Å². The van der Waals surface area contributed by atoms with Crippen molar-refractivity contribution in [3.05, 3.63) is 66.1 Å². The van der Waals surface area contributed by atoms with Crippen LogP contribution < -0.4 is 0 Å². The van der Waals surface area contributed by atoms with E-state index in [0.717, 1.165) is 17.5 Å². The van der Waals surface area contributed by atoms with Gasteiger partial charge in [0.2, 0.25) is 0 Å². The minimum absolute atomic E-state index is 0.0748. The molecule has 0 saturated carbocycles. The first-order chi connectivity index (χ1) is 10.7. The van der Waals surface area contributed by atoms with Crippen molar-refractivity contribution in [2.45, 2.75) is 31.1 Å². The van der Waals surface area contributed by atoms with Crippen LogP contribution in [-0.2, 0) is 15.4 Å². The smallest absolute Gasteiger partial charge is 0.237 e. The van der Waals surface area contributed by atoms with Crippen molar-refractivity contribution >= 4 is 20.9 Å². The maximum Gasteiger partial charge on any atom is 0.268 e. The highest BCUT2D eigenvalue weighted by Crippen LogP contribution is 2.32. The molecule has 0 unspecified atom stereocenters. The van der Waals surface area contributed by atoms with Gasteiger partial charge in [0.05, 0.1) is 10.4 Å². The van der Waals surface area contributed by atoms with Gasteiger partial charge in [-0.1, -0.05) is 39.0 Å². The van der Waals surface area contributed by atoms with Crippen LogP contribution >= 0.6 is 0 Å². The Bertz CT molecular complexity index is 964. The molecule has 0 aliphatic rings. The standard InChI is InChI=1S/C18H18FNO2S/c1-18(2,3)17-12-13-6-4-5-7-16(13)20(17)23(21,22)15-10-8-14(19)9-11-15/h4-12H,1-3H3. The molecule has 3 aromatic rings. The Labute approximate surface area is 135 Å². The Morgan fingerprint density at radius 2 is 1.57 bits per heavy atom. The zero-order chi connectivity index (χ0) is 16.8. The Morgan fingerprint density at radius 1 is 0.957 bits per heavy atom. The fourth-order valence-corrected chi connectivity index (χ4v) is 4.32. The third-order valence-corrected chi connectivity index (χ3v) is 5.53. The zero-order valence-corrected chi connectivity index (χ0v) is 14.1. The molecule has 0 aliphatic carbocycles. The van der Waals surface area contributed by atoms with Gasteiger partial charge in [-0.3, -0.25) is 0 Å². The molecule has 2 aromatic carbocycles. The summed E-state index contributed by atoms with van der Waals surface area (Å²) in [4.78, 5) is 0.0748. The lowest BCUT2D eigenvalue weighted by Gasteiger charge is -2.22. The lowest BCUT2D eigenvalue weighted by Crippen LogP contribution is -2.23. The summed E-state index contributed by atoms with van der Waals surface area (Å²) >= 11 is 0. The number of rotatable bonds is 2. The number of hydrogen-bond donors (Lipinski definition) is 0. The minimum Gasteiger partial charge on any atom is -0.237 e. The first-order valence-corrected chi connectivity index (χ1v) is 8.77. The van der Waals surface area contributed by atoms with Crippen LogP contribution in [0.5, 0.6) is 0 Å². The van der Waals surface area contributed by atoms with Crippen molar-refractivity contribution in [2.75, 3.05) is 0 Å². The molecule has 0 bridgehead atoms. The molecule has 1 heterocycles. The van der Waals surface area contributed by atoms with Gasteiger partial charge in [0, 0.05) is 16.5 Å². The van der Waals surface area contributed by atoms with Crippen LogP contribution in [-0.4, -0.2) is 12.4 Å². The Hall–Kier alpha value is -2.14. The van der Waals surface area contributed by atoms with Crippen LogP contribution in [0.25, 0.3) is 10.9 Å². The predicted molar refractivity (Wildman–Crippen MR) is 89.6 cm³/mol. The summed E-state index contributed by atoms with van der Waals surface area (Å²) in [5, 5.41) is 0.864. The third-order valence-electron chi connectivity index (χ3n) is 3.79.